The van der Waals surface area contributed by atoms with E-state index in [1.807, 2.05) is 56.8 Å². The van der Waals surface area contributed by atoms with Crippen LogP contribution in [0.15, 0.2) is 24.3 Å². The van der Waals surface area contributed by atoms with Crippen molar-refractivity contribution in [3.05, 3.63) is 46.8 Å². The van der Waals surface area contributed by atoms with Crippen molar-refractivity contribution in [3.8, 4) is 5.75 Å². The summed E-state index contributed by atoms with van der Waals surface area (Å²) in [7, 11) is 1.90. The average molecular weight is 315 g/mol. The second-order valence-corrected chi connectivity index (χ2v) is 5.82. The zero-order chi connectivity index (χ0) is 16.8. The Morgan fingerprint density at radius 3 is 2.74 bits per heavy atom. The molecule has 0 bridgehead atoms. The van der Waals surface area contributed by atoms with Gasteiger partial charge in [-0.2, -0.15) is 5.10 Å². The van der Waals surface area contributed by atoms with Gasteiger partial charge in [-0.1, -0.05) is 12.1 Å². The maximum atomic E-state index is 12.0. The Bertz CT molecular complexity index is 677. The van der Waals surface area contributed by atoms with Gasteiger partial charge in [-0.05, 0) is 44.9 Å². The molecule has 5 heteroatoms. The summed E-state index contributed by atoms with van der Waals surface area (Å²) in [6.07, 6.45) is 1.16. The van der Waals surface area contributed by atoms with E-state index < -0.39 is 0 Å². The van der Waals surface area contributed by atoms with Crippen LogP contribution in [0.3, 0.4) is 0 Å². The van der Waals surface area contributed by atoms with E-state index in [4.69, 9.17) is 4.74 Å². The highest BCUT2D eigenvalue weighted by Crippen LogP contribution is 2.13. The minimum Gasteiger partial charge on any atom is -0.494 e. The zero-order valence-corrected chi connectivity index (χ0v) is 14.3. The summed E-state index contributed by atoms with van der Waals surface area (Å²) in [5.74, 6) is 0.901. The second-order valence-electron chi connectivity index (χ2n) is 5.82. The molecule has 0 aliphatic rings. The van der Waals surface area contributed by atoms with Crippen LogP contribution in [-0.2, 0) is 18.3 Å². The molecule has 1 amide bonds. The molecular weight excluding hydrogens is 290 g/mol. The van der Waals surface area contributed by atoms with Crippen molar-refractivity contribution in [2.24, 2.45) is 7.05 Å². The lowest BCUT2D eigenvalue weighted by atomic mass is 10.1. The molecule has 0 aliphatic carbocycles. The molecule has 1 heterocycles. The molecule has 124 valence electrons. The topological polar surface area (TPSA) is 56.1 Å². The third-order valence-corrected chi connectivity index (χ3v) is 3.90. The van der Waals surface area contributed by atoms with Crippen molar-refractivity contribution in [3.63, 3.8) is 0 Å². The van der Waals surface area contributed by atoms with Crippen LogP contribution >= 0.6 is 0 Å². The number of ether oxygens (including phenoxy) is 1. The van der Waals surface area contributed by atoms with E-state index in [0.29, 0.717) is 19.6 Å². The molecule has 0 spiro atoms. The highest BCUT2D eigenvalue weighted by Gasteiger charge is 2.12. The van der Waals surface area contributed by atoms with Gasteiger partial charge >= 0.3 is 0 Å². The third-order valence-electron chi connectivity index (χ3n) is 3.90. The summed E-state index contributed by atoms with van der Waals surface area (Å²) in [6, 6.07) is 7.96. The average Bonchev–Trinajstić information content (AvgIpc) is 2.73. The molecule has 0 fully saturated rings. The first kappa shape index (κ1) is 17.1. The minimum atomic E-state index is 0.0276. The summed E-state index contributed by atoms with van der Waals surface area (Å²) in [4.78, 5) is 12.0. The monoisotopic (exact) mass is 315 g/mol. The lowest BCUT2D eigenvalue weighted by Gasteiger charge is -2.08. The van der Waals surface area contributed by atoms with Gasteiger partial charge in [-0.25, -0.2) is 0 Å². The number of hydrogen-bond donors (Lipinski definition) is 1. The largest absolute Gasteiger partial charge is 0.494 e. The third kappa shape index (κ3) is 4.84. The highest BCUT2D eigenvalue weighted by atomic mass is 16.5. The maximum absolute atomic E-state index is 12.0. The van der Waals surface area contributed by atoms with E-state index in [2.05, 4.69) is 10.4 Å². The second kappa shape index (κ2) is 7.81. The number of aryl methyl sites for hydroxylation is 3. The van der Waals surface area contributed by atoms with Crippen LogP contribution in [0.5, 0.6) is 5.75 Å². The Hall–Kier alpha value is -2.30. The summed E-state index contributed by atoms with van der Waals surface area (Å²) < 4.78 is 7.48. The van der Waals surface area contributed by atoms with Crippen molar-refractivity contribution in [1.82, 2.24) is 15.1 Å². The van der Waals surface area contributed by atoms with Crippen molar-refractivity contribution in [1.29, 1.82) is 0 Å². The molecule has 0 saturated heterocycles. The first-order valence-electron chi connectivity index (χ1n) is 7.92. The molecule has 1 N–H and O–H groups in total. The first-order valence-corrected chi connectivity index (χ1v) is 7.92. The van der Waals surface area contributed by atoms with Crippen LogP contribution in [0.2, 0.25) is 0 Å². The summed E-state index contributed by atoms with van der Waals surface area (Å²) >= 11 is 0. The van der Waals surface area contributed by atoms with Crippen LogP contribution in [0.1, 0.15) is 28.9 Å². The summed E-state index contributed by atoms with van der Waals surface area (Å²) in [5, 5.41) is 7.27. The molecule has 0 atom stereocenters. The van der Waals surface area contributed by atoms with Crippen LogP contribution in [0.4, 0.5) is 0 Å². The van der Waals surface area contributed by atoms with E-state index in [9.17, 15) is 4.79 Å². The van der Waals surface area contributed by atoms with Gasteiger partial charge in [0.25, 0.3) is 0 Å². The van der Waals surface area contributed by atoms with Crippen molar-refractivity contribution >= 4 is 5.91 Å². The number of amides is 1. The van der Waals surface area contributed by atoms with E-state index in [1.54, 1.807) is 0 Å². The maximum Gasteiger partial charge on any atom is 0.224 e. The number of aromatic nitrogens is 2. The van der Waals surface area contributed by atoms with Crippen LogP contribution < -0.4 is 10.1 Å². The predicted octanol–water partition coefficient (Wildman–Crippen LogP) is 2.47. The quantitative estimate of drug-likeness (QED) is 0.799. The molecule has 5 nitrogen and oxygen atoms in total. The number of nitrogens with one attached hydrogen (secondary N) is 1. The fourth-order valence-electron chi connectivity index (χ4n) is 2.49. The van der Waals surface area contributed by atoms with Crippen molar-refractivity contribution in [2.75, 3.05) is 13.2 Å². The zero-order valence-electron chi connectivity index (χ0n) is 14.3. The lowest BCUT2D eigenvalue weighted by Crippen LogP contribution is -2.27. The van der Waals surface area contributed by atoms with Crippen LogP contribution in [0.25, 0.3) is 0 Å². The summed E-state index contributed by atoms with van der Waals surface area (Å²) in [5.41, 5.74) is 4.15. The Kier molecular flexibility index (Phi) is 5.79. The number of carbonyl (C=O) groups is 1. The highest BCUT2D eigenvalue weighted by molar-refractivity contribution is 5.79. The Morgan fingerprint density at radius 2 is 2.09 bits per heavy atom. The van der Waals surface area contributed by atoms with Gasteiger partial charge in [-0.15, -0.1) is 0 Å². The van der Waals surface area contributed by atoms with Gasteiger partial charge in [-0.3, -0.25) is 9.48 Å². The standard InChI is InChI=1S/C18H25N3O2/c1-13-7-5-8-16(11-13)23-10-6-9-19-18(22)12-17-14(2)20-21(4)15(17)3/h5,7-8,11H,6,9-10,12H2,1-4H3,(H,19,22). The van der Waals surface area contributed by atoms with Gasteiger partial charge in [0.05, 0.1) is 18.7 Å². The van der Waals surface area contributed by atoms with Gasteiger partial charge in [0, 0.05) is 24.8 Å². The molecular formula is C18H25N3O2. The molecule has 0 radical (unpaired) electrons. The van der Waals surface area contributed by atoms with E-state index >= 15 is 0 Å². The van der Waals surface area contributed by atoms with E-state index in [1.165, 1.54) is 5.56 Å². The molecule has 2 rings (SSSR count). The smallest absolute Gasteiger partial charge is 0.224 e. The molecule has 0 saturated carbocycles. The number of rotatable bonds is 7. The predicted molar refractivity (Wildman–Crippen MR) is 90.7 cm³/mol. The number of benzene rings is 1. The fraction of sp³-hybridized carbons (Fsp3) is 0.444. The van der Waals surface area contributed by atoms with Crippen molar-refractivity contribution in [2.45, 2.75) is 33.6 Å². The van der Waals surface area contributed by atoms with E-state index in [0.717, 1.165) is 29.1 Å². The SMILES string of the molecule is Cc1cccc(OCCCNC(=O)Cc2c(C)nn(C)c2C)c1. The fourth-order valence-corrected chi connectivity index (χ4v) is 2.49. The Balaban J connectivity index is 1.69. The lowest BCUT2D eigenvalue weighted by molar-refractivity contribution is -0.120. The van der Waals surface area contributed by atoms with Gasteiger partial charge < -0.3 is 10.1 Å². The molecule has 23 heavy (non-hydrogen) atoms. The van der Waals surface area contributed by atoms with Gasteiger partial charge in [0.15, 0.2) is 0 Å². The van der Waals surface area contributed by atoms with Gasteiger partial charge in [0.1, 0.15) is 5.75 Å². The summed E-state index contributed by atoms with van der Waals surface area (Å²) in [6.45, 7) is 7.16. The molecule has 1 aromatic heterocycles. The molecule has 0 unspecified atom stereocenters. The normalized spacial score (nSPS) is 10.6. The number of hydrogen-bond acceptors (Lipinski definition) is 3. The molecule has 0 aliphatic heterocycles. The van der Waals surface area contributed by atoms with Gasteiger partial charge in [0.2, 0.25) is 5.91 Å². The van der Waals surface area contributed by atoms with E-state index in [-0.39, 0.29) is 5.91 Å². The van der Waals surface area contributed by atoms with Crippen LogP contribution in [0, 0.1) is 20.8 Å². The number of carbonyl (C=O) groups excluding carboxylic acids is 1. The van der Waals surface area contributed by atoms with Crippen molar-refractivity contribution < 1.29 is 9.53 Å². The Morgan fingerprint density at radius 1 is 1.30 bits per heavy atom. The molecule has 1 aromatic carbocycles. The minimum absolute atomic E-state index is 0.0276. The Labute approximate surface area is 137 Å². The van der Waals surface area contributed by atoms with Crippen LogP contribution in [-0.4, -0.2) is 28.8 Å². The first-order chi connectivity index (χ1) is 11.0. The number of nitrogens with zero attached hydrogens (tertiary/aromatic N) is 2. The molecule has 2 aromatic rings.